The molecule has 1 fully saturated rings. The molecule has 1 aliphatic rings. The average Bonchev–Trinajstić information content (AvgIpc) is 2.70. The fourth-order valence-electron chi connectivity index (χ4n) is 2.24. The molecule has 0 aromatic heterocycles. The molecule has 5 heteroatoms. The number of nitrogens with one attached hydrogen (secondary N) is 1. The Bertz CT molecular complexity index is 336. The summed E-state index contributed by atoms with van der Waals surface area (Å²) in [6.07, 6.45) is 2.52. The normalized spacial score (nSPS) is 23.2. The molecule has 2 atom stereocenters. The Morgan fingerprint density at radius 2 is 1.95 bits per heavy atom. The molecule has 110 valence electrons. The van der Waals surface area contributed by atoms with Crippen LogP contribution in [0.2, 0.25) is 0 Å². The zero-order valence-electron chi connectivity index (χ0n) is 12.4. The van der Waals surface area contributed by atoms with Gasteiger partial charge in [0.25, 0.3) is 0 Å². The first-order chi connectivity index (χ1) is 8.71. The van der Waals surface area contributed by atoms with Gasteiger partial charge in [-0.05, 0) is 12.8 Å². The van der Waals surface area contributed by atoms with Crippen LogP contribution < -0.4 is 5.32 Å². The Balaban J connectivity index is 2.35. The monoisotopic (exact) mass is 270 g/mol. The number of hydrogen-bond acceptors (Lipinski definition) is 3. The van der Waals surface area contributed by atoms with Gasteiger partial charge in [0.1, 0.15) is 0 Å². The van der Waals surface area contributed by atoms with Gasteiger partial charge >= 0.3 is 0 Å². The maximum absolute atomic E-state index is 11.9. The van der Waals surface area contributed by atoms with Crippen LogP contribution in [0.25, 0.3) is 0 Å². The van der Waals surface area contributed by atoms with Gasteiger partial charge in [0, 0.05) is 24.9 Å². The second-order valence-electron chi connectivity index (χ2n) is 6.47. The van der Waals surface area contributed by atoms with Gasteiger partial charge in [-0.25, -0.2) is 0 Å². The van der Waals surface area contributed by atoms with Crippen LogP contribution in [0, 0.1) is 11.3 Å². The molecule has 2 amide bonds. The van der Waals surface area contributed by atoms with Gasteiger partial charge in [0.15, 0.2) is 0 Å². The number of hydrogen-bond donors (Lipinski definition) is 2. The average molecular weight is 270 g/mol. The zero-order valence-corrected chi connectivity index (χ0v) is 12.4. The van der Waals surface area contributed by atoms with Crippen LogP contribution in [0.1, 0.15) is 40.0 Å². The number of aliphatic hydroxyl groups excluding tert-OH is 1. The van der Waals surface area contributed by atoms with Gasteiger partial charge in [0.05, 0.1) is 12.6 Å². The standard InChI is InChI=1S/C14H26N2O3/c1-14(2,3)13(19)15-8-12(18)16(4)9-10-6-5-7-11(10)17/h10-11,17H,5-9H2,1-4H3,(H,15,19). The number of aliphatic hydroxyl groups is 1. The lowest BCUT2D eigenvalue weighted by Crippen LogP contribution is -2.44. The minimum Gasteiger partial charge on any atom is -0.393 e. The number of likely N-dealkylation sites (N-methyl/N-ethyl adjacent to an activating group) is 1. The van der Waals surface area contributed by atoms with E-state index in [9.17, 15) is 14.7 Å². The molecule has 2 unspecified atom stereocenters. The van der Waals surface area contributed by atoms with E-state index in [1.807, 2.05) is 20.8 Å². The van der Waals surface area contributed by atoms with E-state index in [4.69, 9.17) is 0 Å². The molecule has 0 aliphatic heterocycles. The van der Waals surface area contributed by atoms with E-state index in [1.165, 1.54) is 0 Å². The summed E-state index contributed by atoms with van der Waals surface area (Å²) in [5, 5.41) is 12.4. The molecular formula is C14H26N2O3. The first-order valence-electron chi connectivity index (χ1n) is 6.92. The van der Waals surface area contributed by atoms with Crippen molar-refractivity contribution in [2.45, 2.75) is 46.1 Å². The Labute approximate surface area is 115 Å². The molecule has 1 saturated carbocycles. The fourth-order valence-corrected chi connectivity index (χ4v) is 2.24. The summed E-state index contributed by atoms with van der Waals surface area (Å²) in [4.78, 5) is 25.2. The van der Waals surface area contributed by atoms with Crippen LogP contribution in [-0.2, 0) is 9.59 Å². The number of amides is 2. The first kappa shape index (κ1) is 16.0. The van der Waals surface area contributed by atoms with Crippen LogP contribution in [0.15, 0.2) is 0 Å². The van der Waals surface area contributed by atoms with E-state index in [0.717, 1.165) is 19.3 Å². The molecule has 0 radical (unpaired) electrons. The topological polar surface area (TPSA) is 69.6 Å². The third-order valence-corrected chi connectivity index (χ3v) is 3.63. The van der Waals surface area contributed by atoms with Gasteiger partial charge in [-0.15, -0.1) is 0 Å². The van der Waals surface area contributed by atoms with Gasteiger partial charge in [0.2, 0.25) is 11.8 Å². The zero-order chi connectivity index (χ0) is 14.6. The number of carbonyl (C=O) groups excluding carboxylic acids is 2. The van der Waals surface area contributed by atoms with Crippen LogP contribution in [0.4, 0.5) is 0 Å². The quantitative estimate of drug-likeness (QED) is 0.792. The van der Waals surface area contributed by atoms with E-state index in [2.05, 4.69) is 5.32 Å². The Hall–Kier alpha value is -1.10. The van der Waals surface area contributed by atoms with Crippen molar-refractivity contribution in [3.8, 4) is 0 Å². The van der Waals surface area contributed by atoms with Crippen LogP contribution in [0.5, 0.6) is 0 Å². The molecule has 0 aromatic rings. The lowest BCUT2D eigenvalue weighted by Gasteiger charge is -2.24. The van der Waals surface area contributed by atoms with Gasteiger partial charge in [-0.3, -0.25) is 9.59 Å². The Morgan fingerprint density at radius 1 is 1.32 bits per heavy atom. The molecule has 0 saturated heterocycles. The van der Waals surface area contributed by atoms with Crippen molar-refractivity contribution in [1.29, 1.82) is 0 Å². The maximum atomic E-state index is 11.9. The smallest absolute Gasteiger partial charge is 0.241 e. The number of nitrogens with zero attached hydrogens (tertiary/aromatic N) is 1. The first-order valence-corrected chi connectivity index (χ1v) is 6.92. The van der Waals surface area contributed by atoms with E-state index in [-0.39, 0.29) is 30.4 Å². The van der Waals surface area contributed by atoms with E-state index < -0.39 is 5.41 Å². The number of rotatable bonds is 4. The highest BCUT2D eigenvalue weighted by Crippen LogP contribution is 2.25. The van der Waals surface area contributed by atoms with Crippen molar-refractivity contribution >= 4 is 11.8 Å². The van der Waals surface area contributed by atoms with Crippen molar-refractivity contribution < 1.29 is 14.7 Å². The van der Waals surface area contributed by atoms with Gasteiger partial charge < -0.3 is 15.3 Å². The van der Waals surface area contributed by atoms with E-state index in [0.29, 0.717) is 6.54 Å². The molecule has 0 heterocycles. The Morgan fingerprint density at radius 3 is 2.42 bits per heavy atom. The SMILES string of the molecule is CN(CC1CCCC1O)C(=O)CNC(=O)C(C)(C)C. The molecule has 5 nitrogen and oxygen atoms in total. The van der Waals surface area contributed by atoms with Gasteiger partial charge in [-0.2, -0.15) is 0 Å². The van der Waals surface area contributed by atoms with Crippen LogP contribution >= 0.6 is 0 Å². The van der Waals surface area contributed by atoms with E-state index >= 15 is 0 Å². The molecular weight excluding hydrogens is 244 g/mol. The fraction of sp³-hybridized carbons (Fsp3) is 0.857. The third-order valence-electron chi connectivity index (χ3n) is 3.63. The summed E-state index contributed by atoms with van der Waals surface area (Å²) < 4.78 is 0. The summed E-state index contributed by atoms with van der Waals surface area (Å²) >= 11 is 0. The minimum atomic E-state index is -0.486. The van der Waals surface area contributed by atoms with Crippen molar-refractivity contribution in [1.82, 2.24) is 10.2 Å². The summed E-state index contributed by atoms with van der Waals surface area (Å²) in [6, 6.07) is 0. The van der Waals surface area contributed by atoms with Crippen molar-refractivity contribution in [2.24, 2.45) is 11.3 Å². The summed E-state index contributed by atoms with van der Waals surface area (Å²) in [5.41, 5.74) is -0.486. The molecule has 1 rings (SSSR count). The minimum absolute atomic E-state index is 0.0232. The van der Waals surface area contributed by atoms with Crippen LogP contribution in [-0.4, -0.2) is 48.1 Å². The largest absolute Gasteiger partial charge is 0.393 e. The highest BCUT2D eigenvalue weighted by Gasteiger charge is 2.28. The van der Waals surface area contributed by atoms with E-state index in [1.54, 1.807) is 11.9 Å². The highest BCUT2D eigenvalue weighted by molar-refractivity contribution is 5.87. The molecule has 2 N–H and O–H groups in total. The van der Waals surface area contributed by atoms with Gasteiger partial charge in [-0.1, -0.05) is 27.2 Å². The molecule has 1 aliphatic carbocycles. The van der Waals surface area contributed by atoms with Crippen molar-refractivity contribution in [2.75, 3.05) is 20.1 Å². The predicted molar refractivity (Wildman–Crippen MR) is 73.4 cm³/mol. The molecule has 0 aromatic carbocycles. The Kier molecular flexibility index (Phi) is 5.35. The lowest BCUT2D eigenvalue weighted by atomic mass is 9.96. The molecule has 0 spiro atoms. The second kappa shape index (κ2) is 6.37. The van der Waals surface area contributed by atoms with Crippen molar-refractivity contribution in [3.63, 3.8) is 0 Å². The maximum Gasteiger partial charge on any atom is 0.241 e. The third kappa shape index (κ3) is 4.82. The summed E-state index contributed by atoms with van der Waals surface area (Å²) in [7, 11) is 1.72. The number of carbonyl (C=O) groups is 2. The van der Waals surface area contributed by atoms with Crippen LogP contribution in [0.3, 0.4) is 0 Å². The lowest BCUT2D eigenvalue weighted by molar-refractivity contribution is -0.135. The second-order valence-corrected chi connectivity index (χ2v) is 6.47. The summed E-state index contributed by atoms with van der Waals surface area (Å²) in [6.45, 7) is 6.02. The van der Waals surface area contributed by atoms with Crippen molar-refractivity contribution in [3.05, 3.63) is 0 Å². The highest BCUT2D eigenvalue weighted by atomic mass is 16.3. The molecule has 0 bridgehead atoms. The molecule has 19 heavy (non-hydrogen) atoms. The summed E-state index contributed by atoms with van der Waals surface area (Å²) in [5.74, 6) is -0.0703. The predicted octanol–water partition coefficient (Wildman–Crippen LogP) is 0.768.